The van der Waals surface area contributed by atoms with Gasteiger partial charge in [0.15, 0.2) is 0 Å². The fraction of sp³-hybridized carbons (Fsp3) is 0.211. The number of alkyl halides is 3. The Morgan fingerprint density at radius 2 is 1.92 bits per heavy atom. The van der Waals surface area contributed by atoms with Crippen molar-refractivity contribution in [3.63, 3.8) is 0 Å². The molecule has 1 aromatic heterocycles. The third kappa shape index (κ3) is 2.79. The number of fused-ring (bicyclic) bond motifs is 1. The Morgan fingerprint density at radius 3 is 2.62 bits per heavy atom. The quantitative estimate of drug-likeness (QED) is 0.729. The van der Waals surface area contributed by atoms with Gasteiger partial charge in [-0.25, -0.2) is 0 Å². The number of H-pyrrole nitrogens is 1. The molecule has 0 saturated carbocycles. The first-order chi connectivity index (χ1) is 12.3. The molecule has 3 aromatic rings. The number of nitrogens with one attached hydrogen (secondary N) is 1. The summed E-state index contributed by atoms with van der Waals surface area (Å²) >= 11 is 0. The Kier molecular flexibility index (Phi) is 3.68. The molecule has 26 heavy (non-hydrogen) atoms. The Bertz CT molecular complexity index is 988. The monoisotopic (exact) mass is 360 g/mol. The molecule has 2 aromatic carbocycles. The Morgan fingerprint density at radius 1 is 1.15 bits per heavy atom. The van der Waals surface area contributed by atoms with Crippen molar-refractivity contribution in [2.45, 2.75) is 6.18 Å². The van der Waals surface area contributed by atoms with E-state index in [0.29, 0.717) is 29.6 Å². The Labute approximate surface area is 146 Å². The van der Waals surface area contributed by atoms with Gasteiger partial charge >= 0.3 is 12.1 Å². The second-order valence-electron chi connectivity index (χ2n) is 6.45. The van der Waals surface area contributed by atoms with Crippen molar-refractivity contribution in [3.8, 4) is 11.1 Å². The third-order valence-corrected chi connectivity index (χ3v) is 4.76. The maximum absolute atomic E-state index is 13.0. The molecule has 0 aliphatic carbocycles. The molecule has 0 radical (unpaired) electrons. The van der Waals surface area contributed by atoms with Crippen molar-refractivity contribution in [2.75, 3.05) is 18.0 Å². The first-order valence-corrected chi connectivity index (χ1v) is 8.09. The van der Waals surface area contributed by atoms with Crippen molar-refractivity contribution < 1.29 is 23.1 Å². The number of benzene rings is 2. The minimum atomic E-state index is -4.39. The van der Waals surface area contributed by atoms with Gasteiger partial charge in [-0.15, -0.1) is 0 Å². The second kappa shape index (κ2) is 5.79. The first kappa shape index (κ1) is 16.5. The number of aromatic nitrogens is 1. The van der Waals surface area contributed by atoms with Crippen LogP contribution in [0.3, 0.4) is 0 Å². The molecule has 1 aliphatic rings. The van der Waals surface area contributed by atoms with Gasteiger partial charge < -0.3 is 15.0 Å². The zero-order valence-corrected chi connectivity index (χ0v) is 13.5. The molecule has 2 heterocycles. The van der Waals surface area contributed by atoms with Crippen LogP contribution in [0.2, 0.25) is 0 Å². The molecule has 0 amide bonds. The van der Waals surface area contributed by atoms with Crippen LogP contribution in [-0.4, -0.2) is 29.1 Å². The van der Waals surface area contributed by atoms with E-state index in [1.54, 1.807) is 6.20 Å². The van der Waals surface area contributed by atoms with Crippen LogP contribution in [0.1, 0.15) is 5.56 Å². The molecule has 1 fully saturated rings. The fourth-order valence-electron chi connectivity index (χ4n) is 3.25. The predicted octanol–water partition coefficient (Wildman–Crippen LogP) is 4.37. The van der Waals surface area contributed by atoms with E-state index < -0.39 is 17.7 Å². The molecule has 0 bridgehead atoms. The molecule has 4 rings (SSSR count). The third-order valence-electron chi connectivity index (χ3n) is 4.76. The summed E-state index contributed by atoms with van der Waals surface area (Å²) in [6.45, 7) is 0.871. The van der Waals surface area contributed by atoms with Gasteiger partial charge in [0, 0.05) is 41.4 Å². The predicted molar refractivity (Wildman–Crippen MR) is 92.1 cm³/mol. The number of rotatable bonds is 3. The zero-order valence-electron chi connectivity index (χ0n) is 13.5. The average Bonchev–Trinajstić information content (AvgIpc) is 2.95. The lowest BCUT2D eigenvalue weighted by molar-refractivity contribution is -0.142. The van der Waals surface area contributed by atoms with Gasteiger partial charge in [-0.05, 0) is 35.9 Å². The van der Waals surface area contributed by atoms with Gasteiger partial charge in [-0.3, -0.25) is 4.79 Å². The molecule has 2 N–H and O–H groups in total. The van der Waals surface area contributed by atoms with Crippen molar-refractivity contribution in [1.29, 1.82) is 0 Å². The van der Waals surface area contributed by atoms with E-state index in [1.165, 1.54) is 6.07 Å². The summed E-state index contributed by atoms with van der Waals surface area (Å²) in [5.74, 6) is -1.19. The topological polar surface area (TPSA) is 56.3 Å². The van der Waals surface area contributed by atoms with Crippen LogP contribution in [0.5, 0.6) is 0 Å². The Hall–Kier alpha value is -2.96. The molecular weight excluding hydrogens is 345 g/mol. The van der Waals surface area contributed by atoms with Crippen LogP contribution >= 0.6 is 0 Å². The van der Waals surface area contributed by atoms with E-state index in [2.05, 4.69) is 4.98 Å². The molecule has 0 unspecified atom stereocenters. The van der Waals surface area contributed by atoms with Gasteiger partial charge in [-0.2, -0.15) is 13.2 Å². The summed E-state index contributed by atoms with van der Waals surface area (Å²) in [4.78, 5) is 15.9. The number of nitrogens with zero attached hydrogens (tertiary/aromatic N) is 1. The molecule has 4 nitrogen and oxygen atoms in total. The van der Waals surface area contributed by atoms with E-state index in [-0.39, 0.29) is 5.92 Å². The highest BCUT2D eigenvalue weighted by atomic mass is 19.4. The van der Waals surface area contributed by atoms with Gasteiger partial charge in [0.25, 0.3) is 0 Å². The molecule has 1 saturated heterocycles. The lowest BCUT2D eigenvalue weighted by Gasteiger charge is -2.38. The van der Waals surface area contributed by atoms with E-state index >= 15 is 0 Å². The summed E-state index contributed by atoms with van der Waals surface area (Å²) in [7, 11) is 0. The maximum Gasteiger partial charge on any atom is 0.416 e. The highest BCUT2D eigenvalue weighted by Crippen LogP contribution is 2.36. The van der Waals surface area contributed by atoms with E-state index in [4.69, 9.17) is 5.11 Å². The SMILES string of the molecule is O=C(O)C1CN(c2cccc(-c3c[nH]c4ccc(C(F)(F)F)cc34)c2)C1. The standard InChI is InChI=1S/C19H15F3N2O2/c20-19(21,22)13-4-5-17-15(7-13)16(8-23-17)11-2-1-3-14(6-11)24-9-12(10-24)18(25)26/h1-8,12,23H,9-10H2,(H,25,26). The molecule has 134 valence electrons. The number of hydrogen-bond acceptors (Lipinski definition) is 2. The van der Waals surface area contributed by atoms with Gasteiger partial charge in [-0.1, -0.05) is 12.1 Å². The zero-order chi connectivity index (χ0) is 18.5. The largest absolute Gasteiger partial charge is 0.481 e. The van der Waals surface area contributed by atoms with E-state index in [1.807, 2.05) is 29.2 Å². The van der Waals surface area contributed by atoms with Gasteiger partial charge in [0.2, 0.25) is 0 Å². The lowest BCUT2D eigenvalue weighted by Crippen LogP contribution is -2.50. The normalized spacial score (nSPS) is 15.3. The van der Waals surface area contributed by atoms with Crippen LogP contribution in [0, 0.1) is 5.92 Å². The molecule has 0 spiro atoms. The molecular formula is C19H15F3N2O2. The number of aliphatic carboxylic acids is 1. The van der Waals surface area contributed by atoms with Crippen molar-refractivity contribution in [1.82, 2.24) is 4.98 Å². The molecule has 7 heteroatoms. The summed E-state index contributed by atoms with van der Waals surface area (Å²) in [6, 6.07) is 11.0. The highest BCUT2D eigenvalue weighted by Gasteiger charge is 2.33. The summed E-state index contributed by atoms with van der Waals surface area (Å²) < 4.78 is 39.0. The van der Waals surface area contributed by atoms with Crippen molar-refractivity contribution >= 4 is 22.6 Å². The number of carboxylic acid groups (broad SMARTS) is 1. The van der Waals surface area contributed by atoms with Crippen molar-refractivity contribution in [2.24, 2.45) is 5.92 Å². The van der Waals surface area contributed by atoms with Crippen LogP contribution in [-0.2, 0) is 11.0 Å². The number of carboxylic acids is 1. The smallest absolute Gasteiger partial charge is 0.416 e. The summed E-state index contributed by atoms with van der Waals surface area (Å²) in [5, 5.41) is 9.49. The van der Waals surface area contributed by atoms with Gasteiger partial charge in [0.1, 0.15) is 0 Å². The van der Waals surface area contributed by atoms with Gasteiger partial charge in [0.05, 0.1) is 11.5 Å². The van der Waals surface area contributed by atoms with Crippen molar-refractivity contribution in [3.05, 3.63) is 54.2 Å². The summed E-state index contributed by atoms with van der Waals surface area (Å²) in [5.41, 5.74) is 2.28. The maximum atomic E-state index is 13.0. The second-order valence-corrected chi connectivity index (χ2v) is 6.45. The molecule has 0 atom stereocenters. The fourth-order valence-corrected chi connectivity index (χ4v) is 3.25. The van der Waals surface area contributed by atoms with E-state index in [0.717, 1.165) is 23.4 Å². The number of halogens is 3. The summed E-state index contributed by atoms with van der Waals surface area (Å²) in [6.07, 6.45) is -2.70. The Balaban J connectivity index is 1.70. The van der Waals surface area contributed by atoms with Crippen LogP contribution in [0.4, 0.5) is 18.9 Å². The minimum Gasteiger partial charge on any atom is -0.481 e. The first-order valence-electron chi connectivity index (χ1n) is 8.09. The highest BCUT2D eigenvalue weighted by molar-refractivity contribution is 5.96. The van der Waals surface area contributed by atoms with Crippen LogP contribution < -0.4 is 4.90 Å². The number of carbonyl (C=O) groups is 1. The number of hydrogen-bond donors (Lipinski definition) is 2. The minimum absolute atomic E-state index is 0.374. The molecule has 1 aliphatic heterocycles. The van der Waals surface area contributed by atoms with Crippen LogP contribution in [0.15, 0.2) is 48.7 Å². The number of anilines is 1. The van der Waals surface area contributed by atoms with Crippen LogP contribution in [0.25, 0.3) is 22.0 Å². The lowest BCUT2D eigenvalue weighted by atomic mass is 9.97. The van der Waals surface area contributed by atoms with E-state index in [9.17, 15) is 18.0 Å². The number of aromatic amines is 1. The average molecular weight is 360 g/mol.